The average molecular weight is 366 g/mol. The highest BCUT2D eigenvalue weighted by Gasteiger charge is 2.21. The van der Waals surface area contributed by atoms with Gasteiger partial charge in [0.2, 0.25) is 0 Å². The minimum atomic E-state index is -4.01. The van der Waals surface area contributed by atoms with E-state index in [1.54, 1.807) is 18.2 Å². The predicted octanol–water partition coefficient (Wildman–Crippen LogP) is 2.80. The highest BCUT2D eigenvalue weighted by molar-refractivity contribution is 7.92. The standard InChI is InChI=1S/C15H12ClN3O4S/c1-23-15(20)9-5-6-11(16)14(7-9)24(21,22)19-13-4-2-3-12-10(13)8-17-18-12/h2-8,19H,1H3,(H,17,18). The van der Waals surface area contributed by atoms with Gasteiger partial charge in [0.05, 0.1) is 35.1 Å². The average Bonchev–Trinajstić information content (AvgIpc) is 3.04. The number of hydrogen-bond donors (Lipinski definition) is 2. The number of hydrogen-bond acceptors (Lipinski definition) is 5. The molecule has 2 aromatic carbocycles. The highest BCUT2D eigenvalue weighted by Crippen LogP contribution is 2.28. The number of halogens is 1. The van der Waals surface area contributed by atoms with E-state index < -0.39 is 16.0 Å². The number of fused-ring (bicyclic) bond motifs is 1. The van der Waals surface area contributed by atoms with Crippen molar-refractivity contribution >= 4 is 44.2 Å². The first-order valence-electron chi connectivity index (χ1n) is 6.75. The molecule has 0 aliphatic carbocycles. The van der Waals surface area contributed by atoms with Crippen LogP contribution in [0.4, 0.5) is 5.69 Å². The van der Waals surface area contributed by atoms with Crippen LogP contribution in [0.3, 0.4) is 0 Å². The number of rotatable bonds is 4. The Balaban J connectivity index is 2.05. The van der Waals surface area contributed by atoms with Gasteiger partial charge in [0.15, 0.2) is 0 Å². The number of aromatic nitrogens is 2. The molecule has 3 aromatic rings. The molecule has 0 atom stereocenters. The van der Waals surface area contributed by atoms with Crippen molar-refractivity contribution < 1.29 is 17.9 Å². The Kier molecular flexibility index (Phi) is 4.16. The Morgan fingerprint density at radius 1 is 1.29 bits per heavy atom. The molecule has 0 spiro atoms. The molecule has 124 valence electrons. The van der Waals surface area contributed by atoms with Crippen molar-refractivity contribution in [2.75, 3.05) is 11.8 Å². The van der Waals surface area contributed by atoms with Crippen LogP contribution in [0.2, 0.25) is 5.02 Å². The maximum absolute atomic E-state index is 12.7. The fourth-order valence-electron chi connectivity index (χ4n) is 2.21. The molecule has 0 saturated heterocycles. The number of nitrogens with one attached hydrogen (secondary N) is 2. The van der Waals surface area contributed by atoms with Crippen LogP contribution < -0.4 is 4.72 Å². The summed E-state index contributed by atoms with van der Waals surface area (Å²) in [6.45, 7) is 0. The van der Waals surface area contributed by atoms with Crippen molar-refractivity contribution in [3.63, 3.8) is 0 Å². The molecule has 0 unspecified atom stereocenters. The van der Waals surface area contributed by atoms with E-state index in [4.69, 9.17) is 11.6 Å². The fraction of sp³-hybridized carbons (Fsp3) is 0.0667. The van der Waals surface area contributed by atoms with Crippen molar-refractivity contribution in [1.29, 1.82) is 0 Å². The Labute approximate surface area is 142 Å². The normalized spacial score (nSPS) is 11.4. The number of esters is 1. The summed E-state index contributed by atoms with van der Waals surface area (Å²) >= 11 is 6.00. The largest absolute Gasteiger partial charge is 0.465 e. The van der Waals surface area contributed by atoms with Crippen LogP contribution in [0, 0.1) is 0 Å². The van der Waals surface area contributed by atoms with E-state index in [9.17, 15) is 13.2 Å². The number of methoxy groups -OCH3 is 1. The van der Waals surface area contributed by atoms with E-state index in [0.29, 0.717) is 16.6 Å². The Bertz CT molecular complexity index is 1030. The summed E-state index contributed by atoms with van der Waals surface area (Å²) < 4.78 is 32.4. The molecule has 1 heterocycles. The third-order valence-corrected chi connectivity index (χ3v) is 5.22. The fourth-order valence-corrected chi connectivity index (χ4v) is 3.82. The van der Waals surface area contributed by atoms with Crippen LogP contribution in [0.1, 0.15) is 10.4 Å². The van der Waals surface area contributed by atoms with Gasteiger partial charge in [-0.3, -0.25) is 9.82 Å². The molecular weight excluding hydrogens is 354 g/mol. The predicted molar refractivity (Wildman–Crippen MR) is 89.7 cm³/mol. The number of nitrogens with zero attached hydrogens (tertiary/aromatic N) is 1. The second kappa shape index (κ2) is 6.14. The van der Waals surface area contributed by atoms with Gasteiger partial charge in [-0.2, -0.15) is 5.10 Å². The lowest BCUT2D eigenvalue weighted by molar-refractivity contribution is 0.0600. The van der Waals surface area contributed by atoms with Gasteiger partial charge in [-0.15, -0.1) is 0 Å². The topological polar surface area (TPSA) is 101 Å². The van der Waals surface area contributed by atoms with E-state index in [2.05, 4.69) is 19.7 Å². The Morgan fingerprint density at radius 2 is 2.08 bits per heavy atom. The van der Waals surface area contributed by atoms with Crippen LogP contribution in [0.5, 0.6) is 0 Å². The summed E-state index contributed by atoms with van der Waals surface area (Å²) in [4.78, 5) is 11.4. The van der Waals surface area contributed by atoms with Gasteiger partial charge < -0.3 is 4.74 Å². The van der Waals surface area contributed by atoms with Crippen LogP contribution >= 0.6 is 11.6 Å². The molecule has 0 radical (unpaired) electrons. The highest BCUT2D eigenvalue weighted by atomic mass is 35.5. The van der Waals surface area contributed by atoms with Crippen LogP contribution in [-0.2, 0) is 14.8 Å². The molecular formula is C15H12ClN3O4S. The second-order valence-electron chi connectivity index (χ2n) is 4.88. The van der Waals surface area contributed by atoms with Gasteiger partial charge >= 0.3 is 5.97 Å². The smallest absolute Gasteiger partial charge is 0.337 e. The molecule has 7 nitrogen and oxygen atoms in total. The SMILES string of the molecule is COC(=O)c1ccc(Cl)c(S(=O)(=O)Nc2cccc3[nH]ncc23)c1. The molecule has 3 rings (SSSR count). The van der Waals surface area contributed by atoms with Gasteiger partial charge in [0, 0.05) is 5.39 Å². The van der Waals surface area contributed by atoms with Crippen molar-refractivity contribution in [2.24, 2.45) is 0 Å². The molecule has 0 aliphatic rings. The molecule has 24 heavy (non-hydrogen) atoms. The molecule has 0 fully saturated rings. The maximum Gasteiger partial charge on any atom is 0.337 e. The minimum Gasteiger partial charge on any atom is -0.465 e. The second-order valence-corrected chi connectivity index (χ2v) is 6.94. The molecule has 2 N–H and O–H groups in total. The number of carbonyl (C=O) groups is 1. The maximum atomic E-state index is 12.7. The molecule has 0 bridgehead atoms. The lowest BCUT2D eigenvalue weighted by Gasteiger charge is -2.11. The first-order valence-corrected chi connectivity index (χ1v) is 8.61. The summed E-state index contributed by atoms with van der Waals surface area (Å²) in [5.41, 5.74) is 1.12. The monoisotopic (exact) mass is 365 g/mol. The summed E-state index contributed by atoms with van der Waals surface area (Å²) in [5, 5.41) is 7.25. The van der Waals surface area contributed by atoms with Crippen molar-refractivity contribution in [3.8, 4) is 0 Å². The summed E-state index contributed by atoms with van der Waals surface area (Å²) in [7, 11) is -2.80. The van der Waals surface area contributed by atoms with Crippen LogP contribution in [0.25, 0.3) is 10.9 Å². The lowest BCUT2D eigenvalue weighted by atomic mass is 10.2. The zero-order valence-electron chi connectivity index (χ0n) is 12.4. The van der Waals surface area contributed by atoms with Gasteiger partial charge in [-0.1, -0.05) is 17.7 Å². The molecule has 9 heteroatoms. The van der Waals surface area contributed by atoms with E-state index in [-0.39, 0.29) is 15.5 Å². The van der Waals surface area contributed by atoms with E-state index in [1.807, 2.05) is 0 Å². The number of anilines is 1. The quantitative estimate of drug-likeness (QED) is 0.692. The molecule has 0 aliphatic heterocycles. The summed E-state index contributed by atoms with van der Waals surface area (Å²) in [6.07, 6.45) is 1.51. The third kappa shape index (κ3) is 2.93. The number of ether oxygens (including phenoxy) is 1. The molecule has 0 saturated carbocycles. The van der Waals surface area contributed by atoms with Gasteiger partial charge in [-0.25, -0.2) is 13.2 Å². The minimum absolute atomic E-state index is 0.00507. The van der Waals surface area contributed by atoms with Crippen molar-refractivity contribution in [2.45, 2.75) is 4.90 Å². The zero-order chi connectivity index (χ0) is 17.3. The van der Waals surface area contributed by atoms with Crippen LogP contribution in [0.15, 0.2) is 47.5 Å². The Morgan fingerprint density at radius 3 is 2.83 bits per heavy atom. The van der Waals surface area contributed by atoms with Gasteiger partial charge in [-0.05, 0) is 30.3 Å². The first-order chi connectivity index (χ1) is 11.4. The first kappa shape index (κ1) is 16.3. The van der Waals surface area contributed by atoms with E-state index >= 15 is 0 Å². The lowest BCUT2D eigenvalue weighted by Crippen LogP contribution is -2.15. The Hall–Kier alpha value is -2.58. The van der Waals surface area contributed by atoms with Gasteiger partial charge in [0.1, 0.15) is 4.90 Å². The number of benzene rings is 2. The van der Waals surface area contributed by atoms with Gasteiger partial charge in [0.25, 0.3) is 10.0 Å². The van der Waals surface area contributed by atoms with E-state index in [0.717, 1.165) is 0 Å². The van der Waals surface area contributed by atoms with Crippen LogP contribution in [-0.4, -0.2) is 31.7 Å². The number of H-pyrrole nitrogens is 1. The zero-order valence-corrected chi connectivity index (χ0v) is 14.0. The van der Waals surface area contributed by atoms with Crippen molar-refractivity contribution in [1.82, 2.24) is 10.2 Å². The summed E-state index contributed by atoms with van der Waals surface area (Å²) in [6, 6.07) is 8.96. The third-order valence-electron chi connectivity index (χ3n) is 3.37. The molecule has 1 aromatic heterocycles. The number of sulfonamides is 1. The molecule has 0 amide bonds. The number of carbonyl (C=O) groups excluding carboxylic acids is 1. The van der Waals surface area contributed by atoms with Crippen molar-refractivity contribution in [3.05, 3.63) is 53.2 Å². The number of aromatic amines is 1. The van der Waals surface area contributed by atoms with E-state index in [1.165, 1.54) is 31.5 Å². The summed E-state index contributed by atoms with van der Waals surface area (Å²) in [5.74, 6) is -0.653.